The van der Waals surface area contributed by atoms with Gasteiger partial charge in [0, 0.05) is 21.8 Å². The quantitative estimate of drug-likeness (QED) is 0.659. The Hall–Kier alpha value is -1.77. The van der Waals surface area contributed by atoms with Crippen molar-refractivity contribution >= 4 is 23.2 Å². The van der Waals surface area contributed by atoms with Gasteiger partial charge in [-0.3, -0.25) is 0 Å². The van der Waals surface area contributed by atoms with E-state index in [9.17, 15) is 0 Å². The zero-order chi connectivity index (χ0) is 13.2. The maximum absolute atomic E-state index is 5.98. The van der Waals surface area contributed by atoms with Gasteiger partial charge in [0.05, 0.1) is 11.9 Å². The summed E-state index contributed by atoms with van der Waals surface area (Å²) < 4.78 is 1.80. The van der Waals surface area contributed by atoms with Crippen LogP contribution >= 0.6 is 23.2 Å². The molecule has 94 valence electrons. The lowest BCUT2D eigenvalue weighted by molar-refractivity contribution is 0.881. The van der Waals surface area contributed by atoms with E-state index in [2.05, 4.69) is 5.10 Å². The van der Waals surface area contributed by atoms with Gasteiger partial charge in [-0.05, 0) is 35.9 Å². The van der Waals surface area contributed by atoms with E-state index >= 15 is 0 Å². The van der Waals surface area contributed by atoms with Gasteiger partial charge < -0.3 is 0 Å². The highest BCUT2D eigenvalue weighted by Crippen LogP contribution is 2.22. The fourth-order valence-corrected chi connectivity index (χ4v) is 2.18. The van der Waals surface area contributed by atoms with E-state index in [0.29, 0.717) is 5.02 Å². The predicted molar refractivity (Wildman–Crippen MR) is 79.0 cm³/mol. The van der Waals surface area contributed by atoms with Crippen molar-refractivity contribution in [2.24, 2.45) is 0 Å². The molecule has 4 heteroatoms. The first-order chi connectivity index (χ1) is 9.22. The molecule has 3 rings (SSSR count). The molecule has 1 aromatic heterocycles. The molecular weight excluding hydrogens is 279 g/mol. The van der Waals surface area contributed by atoms with Crippen LogP contribution in [0.3, 0.4) is 0 Å². The van der Waals surface area contributed by atoms with E-state index in [1.54, 1.807) is 4.68 Å². The Balaban J connectivity index is 1.97. The lowest BCUT2D eigenvalue weighted by Crippen LogP contribution is -1.92. The maximum atomic E-state index is 5.98. The van der Waals surface area contributed by atoms with E-state index in [4.69, 9.17) is 23.2 Å². The first-order valence-corrected chi connectivity index (χ1v) is 6.54. The van der Waals surface area contributed by atoms with Gasteiger partial charge in [0.2, 0.25) is 0 Å². The molecule has 0 N–H and O–H groups in total. The van der Waals surface area contributed by atoms with Crippen LogP contribution in [0.5, 0.6) is 0 Å². The van der Waals surface area contributed by atoms with Crippen molar-refractivity contribution in [2.75, 3.05) is 0 Å². The summed E-state index contributed by atoms with van der Waals surface area (Å²) in [5.74, 6) is 0. The van der Waals surface area contributed by atoms with E-state index < -0.39 is 0 Å². The van der Waals surface area contributed by atoms with Gasteiger partial charge in [0.15, 0.2) is 0 Å². The Morgan fingerprint density at radius 3 is 2.37 bits per heavy atom. The van der Waals surface area contributed by atoms with Crippen molar-refractivity contribution in [1.29, 1.82) is 0 Å². The summed E-state index contributed by atoms with van der Waals surface area (Å²) in [7, 11) is 0. The SMILES string of the molecule is Clc1ccc(-c2cnn(-c3cccc(Cl)c3)c2)cc1. The summed E-state index contributed by atoms with van der Waals surface area (Å²) in [6.45, 7) is 0. The van der Waals surface area contributed by atoms with E-state index in [-0.39, 0.29) is 0 Å². The zero-order valence-corrected chi connectivity index (χ0v) is 11.4. The molecule has 0 fully saturated rings. The molecule has 0 radical (unpaired) electrons. The van der Waals surface area contributed by atoms with Crippen LogP contribution in [0, 0.1) is 0 Å². The molecule has 0 saturated heterocycles. The second-order valence-electron chi connectivity index (χ2n) is 4.16. The normalized spacial score (nSPS) is 10.6. The maximum Gasteiger partial charge on any atom is 0.0660 e. The van der Waals surface area contributed by atoms with Crippen LogP contribution in [0.15, 0.2) is 60.9 Å². The van der Waals surface area contributed by atoms with E-state index in [0.717, 1.165) is 21.8 Å². The Bertz CT molecular complexity index is 702. The number of hydrogen-bond acceptors (Lipinski definition) is 1. The zero-order valence-electron chi connectivity index (χ0n) is 9.92. The average Bonchev–Trinajstić information content (AvgIpc) is 2.89. The van der Waals surface area contributed by atoms with Crippen LogP contribution in [0.25, 0.3) is 16.8 Å². The summed E-state index contributed by atoms with van der Waals surface area (Å²) in [6.07, 6.45) is 3.79. The van der Waals surface area contributed by atoms with Gasteiger partial charge in [-0.25, -0.2) is 4.68 Å². The first kappa shape index (κ1) is 12.3. The fraction of sp³-hybridized carbons (Fsp3) is 0. The Kier molecular flexibility index (Phi) is 3.28. The summed E-state index contributed by atoms with van der Waals surface area (Å²) in [5, 5.41) is 5.77. The number of benzene rings is 2. The van der Waals surface area contributed by atoms with Crippen LogP contribution in [-0.4, -0.2) is 9.78 Å². The third-order valence-electron chi connectivity index (χ3n) is 2.83. The van der Waals surface area contributed by atoms with Crippen molar-refractivity contribution in [3.05, 3.63) is 71.0 Å². The molecule has 0 aliphatic carbocycles. The second-order valence-corrected chi connectivity index (χ2v) is 5.03. The van der Waals surface area contributed by atoms with Crippen LogP contribution < -0.4 is 0 Å². The third kappa shape index (κ3) is 2.65. The molecule has 2 aromatic carbocycles. The molecule has 0 aliphatic heterocycles. The Morgan fingerprint density at radius 1 is 0.842 bits per heavy atom. The topological polar surface area (TPSA) is 17.8 Å². The largest absolute Gasteiger partial charge is 0.240 e. The number of halogens is 2. The lowest BCUT2D eigenvalue weighted by Gasteiger charge is -2.01. The highest BCUT2D eigenvalue weighted by Gasteiger charge is 2.03. The van der Waals surface area contributed by atoms with Crippen molar-refractivity contribution in [1.82, 2.24) is 9.78 Å². The standard InChI is InChI=1S/C15H10Cl2N2/c16-13-6-4-11(5-7-13)12-9-18-19(10-12)15-3-1-2-14(17)8-15/h1-10H. The van der Waals surface area contributed by atoms with Crippen molar-refractivity contribution in [2.45, 2.75) is 0 Å². The smallest absolute Gasteiger partial charge is 0.0660 e. The van der Waals surface area contributed by atoms with E-state index in [1.165, 1.54) is 0 Å². The second kappa shape index (κ2) is 5.08. The lowest BCUT2D eigenvalue weighted by atomic mass is 10.1. The van der Waals surface area contributed by atoms with Gasteiger partial charge >= 0.3 is 0 Å². The van der Waals surface area contributed by atoms with Crippen molar-refractivity contribution in [3.63, 3.8) is 0 Å². The first-order valence-electron chi connectivity index (χ1n) is 5.79. The van der Waals surface area contributed by atoms with Crippen molar-refractivity contribution < 1.29 is 0 Å². The molecule has 0 saturated carbocycles. The number of nitrogens with zero attached hydrogens (tertiary/aromatic N) is 2. The average molecular weight is 289 g/mol. The molecule has 1 heterocycles. The highest BCUT2D eigenvalue weighted by atomic mass is 35.5. The van der Waals surface area contributed by atoms with Crippen LogP contribution in [0.2, 0.25) is 10.0 Å². The van der Waals surface area contributed by atoms with Crippen molar-refractivity contribution in [3.8, 4) is 16.8 Å². The van der Waals surface area contributed by atoms with Crippen LogP contribution in [0.4, 0.5) is 0 Å². The molecule has 19 heavy (non-hydrogen) atoms. The minimum absolute atomic E-state index is 0.695. The molecular formula is C15H10Cl2N2. The fourth-order valence-electron chi connectivity index (χ4n) is 1.87. The van der Waals surface area contributed by atoms with Crippen LogP contribution in [-0.2, 0) is 0 Å². The molecule has 0 spiro atoms. The molecule has 3 aromatic rings. The molecule has 0 bridgehead atoms. The summed E-state index contributed by atoms with van der Waals surface area (Å²) in [5.41, 5.74) is 3.06. The van der Waals surface area contributed by atoms with Crippen LogP contribution in [0.1, 0.15) is 0 Å². The summed E-state index contributed by atoms with van der Waals surface area (Å²) in [4.78, 5) is 0. The summed E-state index contributed by atoms with van der Waals surface area (Å²) in [6, 6.07) is 15.3. The van der Waals surface area contributed by atoms with E-state index in [1.807, 2.05) is 60.9 Å². The number of rotatable bonds is 2. The molecule has 0 aliphatic rings. The predicted octanol–water partition coefficient (Wildman–Crippen LogP) is 4.85. The minimum Gasteiger partial charge on any atom is -0.240 e. The van der Waals surface area contributed by atoms with Gasteiger partial charge in [0.1, 0.15) is 0 Å². The number of aromatic nitrogens is 2. The Labute approximate surface area is 121 Å². The van der Waals surface area contributed by atoms with Gasteiger partial charge in [-0.1, -0.05) is 41.4 Å². The molecule has 0 unspecified atom stereocenters. The monoisotopic (exact) mass is 288 g/mol. The number of hydrogen-bond donors (Lipinski definition) is 0. The van der Waals surface area contributed by atoms with Gasteiger partial charge in [0.25, 0.3) is 0 Å². The third-order valence-corrected chi connectivity index (χ3v) is 3.32. The van der Waals surface area contributed by atoms with Gasteiger partial charge in [-0.15, -0.1) is 0 Å². The summed E-state index contributed by atoms with van der Waals surface area (Å²) >= 11 is 11.9. The molecule has 0 amide bonds. The van der Waals surface area contributed by atoms with Gasteiger partial charge in [-0.2, -0.15) is 5.10 Å². The Morgan fingerprint density at radius 2 is 1.63 bits per heavy atom. The molecule has 2 nitrogen and oxygen atoms in total. The highest BCUT2D eigenvalue weighted by molar-refractivity contribution is 6.31. The molecule has 0 atom stereocenters. The minimum atomic E-state index is 0.695.